The molecule has 1 aliphatic heterocycles. The van der Waals surface area contributed by atoms with Gasteiger partial charge in [-0.3, -0.25) is 9.69 Å². The highest BCUT2D eigenvalue weighted by molar-refractivity contribution is 5.70. The third-order valence-corrected chi connectivity index (χ3v) is 4.06. The minimum absolute atomic E-state index is 0.172. The number of rotatable bonds is 6. The molecular formula is C16H24N2O3. The van der Waals surface area contributed by atoms with Crippen LogP contribution in [0, 0.1) is 5.92 Å². The summed E-state index contributed by atoms with van der Waals surface area (Å²) in [6.07, 6.45) is 1.48. The van der Waals surface area contributed by atoms with Crippen LogP contribution < -0.4 is 10.1 Å². The van der Waals surface area contributed by atoms with Crippen molar-refractivity contribution in [2.24, 2.45) is 5.92 Å². The average molecular weight is 292 g/mol. The van der Waals surface area contributed by atoms with Crippen LogP contribution in [0.25, 0.3) is 0 Å². The van der Waals surface area contributed by atoms with Crippen LogP contribution in [0.2, 0.25) is 0 Å². The molecule has 1 aliphatic rings. The van der Waals surface area contributed by atoms with E-state index in [-0.39, 0.29) is 5.92 Å². The van der Waals surface area contributed by atoms with Gasteiger partial charge in [-0.25, -0.2) is 0 Å². The summed E-state index contributed by atoms with van der Waals surface area (Å²) in [6.45, 7) is 3.32. The maximum atomic E-state index is 11.0. The molecule has 5 nitrogen and oxygen atoms in total. The molecule has 116 valence electrons. The monoisotopic (exact) mass is 292 g/mol. The fourth-order valence-corrected chi connectivity index (χ4v) is 2.82. The summed E-state index contributed by atoms with van der Waals surface area (Å²) in [5.74, 6) is 0.0730. The minimum atomic E-state index is -0.660. The first-order valence-corrected chi connectivity index (χ1v) is 7.39. The van der Waals surface area contributed by atoms with Crippen LogP contribution >= 0.6 is 0 Å². The minimum Gasteiger partial charge on any atom is -0.496 e. The number of likely N-dealkylation sites (tertiary alicyclic amines) is 1. The molecule has 0 saturated carbocycles. The second-order valence-corrected chi connectivity index (χ2v) is 5.57. The molecule has 2 rings (SSSR count). The number of carboxylic acid groups (broad SMARTS) is 1. The summed E-state index contributed by atoms with van der Waals surface area (Å²) < 4.78 is 5.44. The molecule has 0 radical (unpaired) electrons. The quantitative estimate of drug-likeness (QED) is 0.836. The molecule has 0 bridgehead atoms. The Morgan fingerprint density at radius 2 is 2.14 bits per heavy atom. The van der Waals surface area contributed by atoms with E-state index in [9.17, 15) is 4.79 Å². The van der Waals surface area contributed by atoms with E-state index in [4.69, 9.17) is 9.84 Å². The second-order valence-electron chi connectivity index (χ2n) is 5.57. The van der Waals surface area contributed by atoms with Crippen molar-refractivity contribution < 1.29 is 14.6 Å². The van der Waals surface area contributed by atoms with Crippen LogP contribution in [-0.4, -0.2) is 43.2 Å². The smallest absolute Gasteiger partial charge is 0.306 e. The van der Waals surface area contributed by atoms with Crippen molar-refractivity contribution in [3.8, 4) is 5.75 Å². The van der Waals surface area contributed by atoms with Gasteiger partial charge in [0.05, 0.1) is 13.0 Å². The van der Waals surface area contributed by atoms with E-state index >= 15 is 0 Å². The van der Waals surface area contributed by atoms with Crippen molar-refractivity contribution >= 4 is 5.97 Å². The van der Waals surface area contributed by atoms with E-state index in [0.717, 1.165) is 50.3 Å². The lowest BCUT2D eigenvalue weighted by atomic mass is 9.96. The molecule has 0 unspecified atom stereocenters. The Morgan fingerprint density at radius 1 is 1.43 bits per heavy atom. The number of ether oxygens (including phenoxy) is 1. The summed E-state index contributed by atoms with van der Waals surface area (Å²) in [5, 5.41) is 12.2. The number of aliphatic carboxylic acids is 1. The van der Waals surface area contributed by atoms with E-state index in [1.165, 1.54) is 5.56 Å². The SMILES string of the molecule is CNCc1ccc(CN2CCC(C(=O)O)CC2)cc1OC. The molecular weight excluding hydrogens is 268 g/mol. The molecule has 2 N–H and O–H groups in total. The van der Waals surface area contributed by atoms with Crippen molar-refractivity contribution in [3.05, 3.63) is 29.3 Å². The van der Waals surface area contributed by atoms with Crippen molar-refractivity contribution in [1.29, 1.82) is 0 Å². The number of hydrogen-bond acceptors (Lipinski definition) is 4. The van der Waals surface area contributed by atoms with Crippen LogP contribution in [0.3, 0.4) is 0 Å². The zero-order valence-electron chi connectivity index (χ0n) is 12.8. The number of piperidine rings is 1. The molecule has 1 fully saturated rings. The summed E-state index contributed by atoms with van der Waals surface area (Å²) in [7, 11) is 3.61. The van der Waals surface area contributed by atoms with Gasteiger partial charge < -0.3 is 15.2 Å². The van der Waals surface area contributed by atoms with Gasteiger partial charge in [-0.05, 0) is 44.6 Å². The van der Waals surface area contributed by atoms with Gasteiger partial charge in [0.15, 0.2) is 0 Å². The van der Waals surface area contributed by atoms with Gasteiger partial charge in [0.1, 0.15) is 5.75 Å². The Labute approximate surface area is 125 Å². The van der Waals surface area contributed by atoms with Crippen molar-refractivity contribution in [1.82, 2.24) is 10.2 Å². The van der Waals surface area contributed by atoms with Gasteiger partial charge in [-0.1, -0.05) is 12.1 Å². The standard InChI is InChI=1S/C16H24N2O3/c1-17-10-14-4-3-12(9-15(14)21-2)11-18-7-5-13(6-8-18)16(19)20/h3-4,9,13,17H,5-8,10-11H2,1-2H3,(H,19,20). The van der Waals surface area contributed by atoms with Crippen LogP contribution in [-0.2, 0) is 17.9 Å². The first kappa shape index (κ1) is 15.8. The molecule has 0 aliphatic carbocycles. The Balaban J connectivity index is 1.96. The topological polar surface area (TPSA) is 61.8 Å². The third-order valence-electron chi connectivity index (χ3n) is 4.06. The summed E-state index contributed by atoms with van der Waals surface area (Å²) in [4.78, 5) is 13.3. The lowest BCUT2D eigenvalue weighted by molar-refractivity contribution is -0.143. The zero-order valence-corrected chi connectivity index (χ0v) is 12.8. The largest absolute Gasteiger partial charge is 0.496 e. The number of methoxy groups -OCH3 is 1. The van der Waals surface area contributed by atoms with E-state index in [1.807, 2.05) is 7.05 Å². The Kier molecular flexibility index (Phi) is 5.59. The summed E-state index contributed by atoms with van der Waals surface area (Å²) >= 11 is 0. The highest BCUT2D eigenvalue weighted by Gasteiger charge is 2.24. The predicted octanol–water partition coefficient (Wildman–Crippen LogP) is 1.71. The molecule has 1 heterocycles. The van der Waals surface area contributed by atoms with Gasteiger partial charge in [-0.15, -0.1) is 0 Å². The first-order valence-electron chi connectivity index (χ1n) is 7.39. The van der Waals surface area contributed by atoms with Crippen molar-refractivity contribution in [2.45, 2.75) is 25.9 Å². The third kappa shape index (κ3) is 4.19. The lowest BCUT2D eigenvalue weighted by Gasteiger charge is -2.30. The molecule has 0 spiro atoms. The molecule has 21 heavy (non-hydrogen) atoms. The van der Waals surface area contributed by atoms with Crippen LogP contribution in [0.5, 0.6) is 5.75 Å². The maximum Gasteiger partial charge on any atom is 0.306 e. The predicted molar refractivity (Wildman–Crippen MR) is 81.4 cm³/mol. The molecule has 1 aromatic rings. The fourth-order valence-electron chi connectivity index (χ4n) is 2.82. The molecule has 0 aromatic heterocycles. The van der Waals surface area contributed by atoms with Crippen molar-refractivity contribution in [3.63, 3.8) is 0 Å². The van der Waals surface area contributed by atoms with Crippen LogP contribution in [0.4, 0.5) is 0 Å². The summed E-state index contributed by atoms with van der Waals surface area (Å²) in [6, 6.07) is 6.29. The van der Waals surface area contributed by atoms with E-state index in [1.54, 1.807) is 7.11 Å². The highest BCUT2D eigenvalue weighted by atomic mass is 16.5. The Hall–Kier alpha value is -1.59. The van der Waals surface area contributed by atoms with Gasteiger partial charge in [0.2, 0.25) is 0 Å². The number of hydrogen-bond donors (Lipinski definition) is 2. The summed E-state index contributed by atoms with van der Waals surface area (Å²) in [5.41, 5.74) is 2.36. The Bertz CT molecular complexity index is 482. The van der Waals surface area contributed by atoms with Crippen LogP contribution in [0.15, 0.2) is 18.2 Å². The normalized spacial score (nSPS) is 16.9. The Morgan fingerprint density at radius 3 is 2.71 bits per heavy atom. The van der Waals surface area contributed by atoms with Gasteiger partial charge in [-0.2, -0.15) is 0 Å². The number of carbonyl (C=O) groups is 1. The average Bonchev–Trinajstić information content (AvgIpc) is 2.49. The molecule has 1 aromatic carbocycles. The maximum absolute atomic E-state index is 11.0. The molecule has 0 atom stereocenters. The molecule has 1 saturated heterocycles. The lowest BCUT2D eigenvalue weighted by Crippen LogP contribution is -2.35. The molecule has 0 amide bonds. The zero-order chi connectivity index (χ0) is 15.2. The van der Waals surface area contributed by atoms with Crippen molar-refractivity contribution in [2.75, 3.05) is 27.2 Å². The van der Waals surface area contributed by atoms with E-state index in [0.29, 0.717) is 0 Å². The number of nitrogens with zero attached hydrogens (tertiary/aromatic N) is 1. The number of nitrogens with one attached hydrogen (secondary N) is 1. The van der Waals surface area contributed by atoms with Gasteiger partial charge in [0, 0.05) is 18.7 Å². The van der Waals surface area contributed by atoms with E-state index < -0.39 is 5.97 Å². The van der Waals surface area contributed by atoms with E-state index in [2.05, 4.69) is 28.4 Å². The second kappa shape index (κ2) is 7.43. The first-order chi connectivity index (χ1) is 10.1. The van der Waals surface area contributed by atoms with Crippen LogP contribution in [0.1, 0.15) is 24.0 Å². The fraction of sp³-hybridized carbons (Fsp3) is 0.562. The number of benzene rings is 1. The molecule has 5 heteroatoms. The van der Waals surface area contributed by atoms with Gasteiger partial charge in [0.25, 0.3) is 0 Å². The number of carboxylic acids is 1. The van der Waals surface area contributed by atoms with Gasteiger partial charge >= 0.3 is 5.97 Å². The highest BCUT2D eigenvalue weighted by Crippen LogP contribution is 2.23.